The molecule has 0 unspecified atom stereocenters. The topological polar surface area (TPSA) is 91.2 Å². The zero-order chi connectivity index (χ0) is 19.8. The first-order valence-electron chi connectivity index (χ1n) is 8.54. The van der Waals surface area contributed by atoms with Gasteiger partial charge in [-0.15, -0.1) is 0 Å². The molecule has 0 bridgehead atoms. The first-order valence-corrected chi connectivity index (χ1v) is 8.54. The Morgan fingerprint density at radius 3 is 2.25 bits per heavy atom. The van der Waals surface area contributed by atoms with E-state index in [2.05, 4.69) is 10.6 Å². The first-order chi connectivity index (χ1) is 13.7. The standard InChI is InChI=1S/C22H17N3O3/c23-14-17-8-4-5-9-20(17)25-21(26)15-28-19-12-10-18(11-13-19)24-22(27)16-6-2-1-3-7-16/h1-13H,15H2,(H,24,27)(H,25,26). The molecule has 3 aromatic rings. The van der Waals surface area contributed by atoms with Crippen LogP contribution in [0.3, 0.4) is 0 Å². The second kappa shape index (κ2) is 9.01. The van der Waals surface area contributed by atoms with Gasteiger partial charge in [0.25, 0.3) is 11.8 Å². The van der Waals surface area contributed by atoms with E-state index in [9.17, 15) is 9.59 Å². The summed E-state index contributed by atoms with van der Waals surface area (Å²) in [5, 5.41) is 14.5. The maximum Gasteiger partial charge on any atom is 0.262 e. The molecule has 0 aliphatic heterocycles. The van der Waals surface area contributed by atoms with E-state index in [-0.39, 0.29) is 18.4 Å². The van der Waals surface area contributed by atoms with Crippen LogP contribution in [0, 0.1) is 11.3 Å². The molecule has 3 aromatic carbocycles. The average Bonchev–Trinajstić information content (AvgIpc) is 2.74. The molecule has 0 heterocycles. The minimum absolute atomic E-state index is 0.199. The average molecular weight is 371 g/mol. The number of anilines is 2. The minimum atomic E-state index is -0.371. The van der Waals surface area contributed by atoms with Gasteiger partial charge in [0, 0.05) is 11.3 Å². The number of hydrogen-bond acceptors (Lipinski definition) is 4. The molecule has 0 aliphatic rings. The van der Waals surface area contributed by atoms with Crippen LogP contribution in [-0.4, -0.2) is 18.4 Å². The van der Waals surface area contributed by atoms with Gasteiger partial charge in [-0.25, -0.2) is 0 Å². The van der Waals surface area contributed by atoms with Crippen molar-refractivity contribution >= 4 is 23.2 Å². The number of nitriles is 1. The molecule has 0 saturated heterocycles. The normalized spacial score (nSPS) is 9.82. The maximum atomic E-state index is 12.1. The highest BCUT2D eigenvalue weighted by Crippen LogP contribution is 2.17. The lowest BCUT2D eigenvalue weighted by Gasteiger charge is -2.09. The van der Waals surface area contributed by atoms with E-state index in [0.717, 1.165) is 0 Å². The van der Waals surface area contributed by atoms with Crippen LogP contribution in [0.1, 0.15) is 15.9 Å². The summed E-state index contributed by atoms with van der Waals surface area (Å²) in [6.07, 6.45) is 0. The lowest BCUT2D eigenvalue weighted by Crippen LogP contribution is -2.20. The molecule has 0 spiro atoms. The molecule has 2 amide bonds. The van der Waals surface area contributed by atoms with Gasteiger partial charge in [0.05, 0.1) is 11.3 Å². The van der Waals surface area contributed by atoms with Crippen molar-refractivity contribution in [2.75, 3.05) is 17.2 Å². The number of rotatable bonds is 6. The van der Waals surface area contributed by atoms with Gasteiger partial charge < -0.3 is 15.4 Å². The smallest absolute Gasteiger partial charge is 0.262 e. The lowest BCUT2D eigenvalue weighted by atomic mass is 10.2. The molecule has 138 valence electrons. The summed E-state index contributed by atoms with van der Waals surface area (Å²) in [4.78, 5) is 24.1. The number of nitrogens with one attached hydrogen (secondary N) is 2. The van der Waals surface area contributed by atoms with E-state index in [1.165, 1.54) is 0 Å². The Hall–Kier alpha value is -4.11. The Morgan fingerprint density at radius 2 is 1.54 bits per heavy atom. The third-order valence-corrected chi connectivity index (χ3v) is 3.84. The van der Waals surface area contributed by atoms with E-state index in [1.807, 2.05) is 12.1 Å². The number of benzene rings is 3. The van der Waals surface area contributed by atoms with Gasteiger partial charge in [-0.05, 0) is 48.5 Å². The van der Waals surface area contributed by atoms with Crippen molar-refractivity contribution < 1.29 is 14.3 Å². The molecule has 3 rings (SSSR count). The van der Waals surface area contributed by atoms with Crippen molar-refractivity contribution in [3.05, 3.63) is 90.0 Å². The van der Waals surface area contributed by atoms with E-state index in [4.69, 9.17) is 10.00 Å². The van der Waals surface area contributed by atoms with Gasteiger partial charge in [-0.1, -0.05) is 30.3 Å². The van der Waals surface area contributed by atoms with Crippen molar-refractivity contribution in [3.8, 4) is 11.8 Å². The number of nitrogens with zero attached hydrogens (tertiary/aromatic N) is 1. The van der Waals surface area contributed by atoms with Crippen LogP contribution in [0.5, 0.6) is 5.75 Å². The Morgan fingerprint density at radius 1 is 0.857 bits per heavy atom. The van der Waals surface area contributed by atoms with Gasteiger partial charge in [0.2, 0.25) is 0 Å². The van der Waals surface area contributed by atoms with Crippen molar-refractivity contribution in [1.82, 2.24) is 0 Å². The zero-order valence-corrected chi connectivity index (χ0v) is 14.9. The number of carbonyl (C=O) groups is 2. The molecule has 0 saturated carbocycles. The van der Waals surface area contributed by atoms with Crippen molar-refractivity contribution in [2.45, 2.75) is 0 Å². The summed E-state index contributed by atoms with van der Waals surface area (Å²) < 4.78 is 5.45. The zero-order valence-electron chi connectivity index (χ0n) is 14.9. The predicted octanol–water partition coefficient (Wildman–Crippen LogP) is 3.83. The summed E-state index contributed by atoms with van der Waals surface area (Å²) in [5.74, 6) is -0.0876. The summed E-state index contributed by atoms with van der Waals surface area (Å²) in [6.45, 7) is -0.199. The summed E-state index contributed by atoms with van der Waals surface area (Å²) >= 11 is 0. The molecule has 0 aliphatic carbocycles. The molecule has 2 N–H and O–H groups in total. The third-order valence-electron chi connectivity index (χ3n) is 3.84. The molecule has 0 atom stereocenters. The fraction of sp³-hybridized carbons (Fsp3) is 0.0455. The SMILES string of the molecule is N#Cc1ccccc1NC(=O)COc1ccc(NC(=O)c2ccccc2)cc1. The summed E-state index contributed by atoms with van der Waals surface area (Å²) in [6, 6.07) is 24.4. The van der Waals surface area contributed by atoms with Crippen LogP contribution in [-0.2, 0) is 4.79 Å². The highest BCUT2D eigenvalue weighted by Gasteiger charge is 2.08. The van der Waals surface area contributed by atoms with Gasteiger partial charge in [-0.2, -0.15) is 5.26 Å². The molecule has 6 heteroatoms. The van der Waals surface area contributed by atoms with Crippen LogP contribution in [0.2, 0.25) is 0 Å². The van der Waals surface area contributed by atoms with Crippen molar-refractivity contribution in [1.29, 1.82) is 5.26 Å². The van der Waals surface area contributed by atoms with Gasteiger partial charge in [-0.3, -0.25) is 9.59 Å². The highest BCUT2D eigenvalue weighted by molar-refractivity contribution is 6.04. The number of hydrogen-bond donors (Lipinski definition) is 2. The molecular weight excluding hydrogens is 354 g/mol. The Labute approximate surface area is 162 Å². The summed E-state index contributed by atoms with van der Waals surface area (Å²) in [7, 11) is 0. The second-order valence-corrected chi connectivity index (χ2v) is 5.84. The molecule has 0 aromatic heterocycles. The number of amides is 2. The second-order valence-electron chi connectivity index (χ2n) is 5.84. The third kappa shape index (κ3) is 4.96. The van der Waals surface area contributed by atoms with E-state index < -0.39 is 0 Å². The quantitative estimate of drug-likeness (QED) is 0.689. The molecular formula is C22H17N3O3. The van der Waals surface area contributed by atoms with E-state index >= 15 is 0 Å². The van der Waals surface area contributed by atoms with Crippen LogP contribution < -0.4 is 15.4 Å². The Balaban J connectivity index is 1.52. The molecule has 6 nitrogen and oxygen atoms in total. The largest absolute Gasteiger partial charge is 0.484 e. The molecule has 0 radical (unpaired) electrons. The first kappa shape index (κ1) is 18.7. The molecule has 0 fully saturated rings. The predicted molar refractivity (Wildman–Crippen MR) is 106 cm³/mol. The monoisotopic (exact) mass is 371 g/mol. The van der Waals surface area contributed by atoms with Crippen LogP contribution in [0.4, 0.5) is 11.4 Å². The van der Waals surface area contributed by atoms with Crippen molar-refractivity contribution in [3.63, 3.8) is 0 Å². The maximum absolute atomic E-state index is 12.1. The highest BCUT2D eigenvalue weighted by atomic mass is 16.5. The van der Waals surface area contributed by atoms with Crippen LogP contribution in [0.15, 0.2) is 78.9 Å². The van der Waals surface area contributed by atoms with Crippen molar-refractivity contribution in [2.24, 2.45) is 0 Å². The fourth-order valence-corrected chi connectivity index (χ4v) is 2.45. The van der Waals surface area contributed by atoms with Gasteiger partial charge >= 0.3 is 0 Å². The van der Waals surface area contributed by atoms with E-state index in [0.29, 0.717) is 28.3 Å². The summed E-state index contributed by atoms with van der Waals surface area (Å²) in [5.41, 5.74) is 2.01. The number of ether oxygens (including phenoxy) is 1. The number of para-hydroxylation sites is 1. The lowest BCUT2D eigenvalue weighted by molar-refractivity contribution is -0.118. The number of carbonyl (C=O) groups excluding carboxylic acids is 2. The van der Waals surface area contributed by atoms with Gasteiger partial charge in [0.1, 0.15) is 11.8 Å². The van der Waals surface area contributed by atoms with E-state index in [1.54, 1.807) is 72.8 Å². The Kier molecular flexibility index (Phi) is 6.01. The fourth-order valence-electron chi connectivity index (χ4n) is 2.45. The van der Waals surface area contributed by atoms with Crippen LogP contribution >= 0.6 is 0 Å². The van der Waals surface area contributed by atoms with Gasteiger partial charge in [0.15, 0.2) is 6.61 Å². The van der Waals surface area contributed by atoms with Crippen LogP contribution in [0.25, 0.3) is 0 Å². The molecule has 28 heavy (non-hydrogen) atoms. The Bertz CT molecular complexity index is 1010. The minimum Gasteiger partial charge on any atom is -0.484 e.